The first-order valence-corrected chi connectivity index (χ1v) is 20.4. The molecular formula is C53H44N4O. The zero-order valence-electron chi connectivity index (χ0n) is 32.8. The molecule has 0 radical (unpaired) electrons. The smallest absolute Gasteiger partial charge is 0.145 e. The molecule has 0 bridgehead atoms. The highest BCUT2D eigenvalue weighted by Gasteiger charge is 2.23. The lowest BCUT2D eigenvalue weighted by molar-refractivity contribution is 0.673. The van der Waals surface area contributed by atoms with E-state index in [2.05, 4.69) is 172 Å². The molecule has 1 aliphatic carbocycles. The van der Waals surface area contributed by atoms with Gasteiger partial charge in [-0.05, 0) is 78.6 Å². The summed E-state index contributed by atoms with van der Waals surface area (Å²) in [6.07, 6.45) is 6.90. The van der Waals surface area contributed by atoms with Crippen LogP contribution < -0.4 is 15.9 Å². The van der Waals surface area contributed by atoms with E-state index in [1.165, 1.54) is 49.2 Å². The van der Waals surface area contributed by atoms with Crippen LogP contribution in [-0.4, -0.2) is 15.0 Å². The van der Waals surface area contributed by atoms with Gasteiger partial charge in [0, 0.05) is 55.6 Å². The predicted molar refractivity (Wildman–Crippen MR) is 244 cm³/mol. The van der Waals surface area contributed by atoms with Gasteiger partial charge in [-0.3, -0.25) is 4.99 Å². The number of aliphatic imine (C=N–C) groups is 1. The van der Waals surface area contributed by atoms with Gasteiger partial charge >= 0.3 is 0 Å². The molecule has 5 heteroatoms. The Hall–Kier alpha value is -7.11. The number of hydrogen-bond donors (Lipinski definition) is 1. The Kier molecular flexibility index (Phi) is 9.19. The van der Waals surface area contributed by atoms with Crippen LogP contribution >= 0.6 is 0 Å². The van der Waals surface area contributed by atoms with Gasteiger partial charge in [-0.1, -0.05) is 135 Å². The van der Waals surface area contributed by atoms with Crippen LogP contribution in [-0.2, 0) is 13.1 Å². The molecule has 0 atom stereocenters. The molecule has 3 aromatic heterocycles. The van der Waals surface area contributed by atoms with Gasteiger partial charge in [-0.15, -0.1) is 0 Å². The van der Waals surface area contributed by atoms with Crippen molar-refractivity contribution >= 4 is 72.6 Å². The SMILES string of the molecule is C1=c2c(n(-c3ccccc3)c3ccc4c5c6oc7ccccc7c6ccc5n(-c5ccc(CNC(=NCc6ccccc6)c6ccccc6)cc5)c4c23)=CCC1.CC. The van der Waals surface area contributed by atoms with E-state index in [-0.39, 0.29) is 0 Å². The minimum Gasteiger partial charge on any atom is -0.455 e. The summed E-state index contributed by atoms with van der Waals surface area (Å²) in [6.45, 7) is 5.26. The molecular weight excluding hydrogens is 709 g/mol. The molecule has 1 aliphatic rings. The van der Waals surface area contributed by atoms with Gasteiger partial charge in [0.1, 0.15) is 17.0 Å². The van der Waals surface area contributed by atoms with Crippen LogP contribution in [0, 0.1) is 0 Å². The Balaban J connectivity index is 0.00000201. The van der Waals surface area contributed by atoms with Gasteiger partial charge in [0.25, 0.3) is 0 Å². The molecule has 0 aliphatic heterocycles. The molecule has 11 rings (SSSR count). The first kappa shape index (κ1) is 35.3. The number of amidine groups is 1. The normalized spacial score (nSPS) is 12.7. The van der Waals surface area contributed by atoms with Crippen molar-refractivity contribution in [1.82, 2.24) is 14.5 Å². The maximum Gasteiger partial charge on any atom is 0.145 e. The van der Waals surface area contributed by atoms with E-state index in [4.69, 9.17) is 9.41 Å². The zero-order valence-corrected chi connectivity index (χ0v) is 32.8. The number of nitrogens with one attached hydrogen (secondary N) is 1. The van der Waals surface area contributed by atoms with Crippen molar-refractivity contribution in [2.24, 2.45) is 4.99 Å². The van der Waals surface area contributed by atoms with Crippen LogP contribution in [0.4, 0.5) is 0 Å². The minimum atomic E-state index is 0.614. The van der Waals surface area contributed by atoms with E-state index in [0.29, 0.717) is 13.1 Å². The highest BCUT2D eigenvalue weighted by atomic mass is 16.3. The van der Waals surface area contributed by atoms with Crippen LogP contribution in [0.1, 0.15) is 43.4 Å². The summed E-state index contributed by atoms with van der Waals surface area (Å²) in [7, 11) is 0. The molecule has 0 unspecified atom stereocenters. The van der Waals surface area contributed by atoms with Crippen molar-refractivity contribution < 1.29 is 4.42 Å². The number of benzene rings is 7. The molecule has 5 nitrogen and oxygen atoms in total. The van der Waals surface area contributed by atoms with E-state index in [1.807, 2.05) is 32.0 Å². The Labute approximate surface area is 337 Å². The van der Waals surface area contributed by atoms with Gasteiger partial charge in [0.15, 0.2) is 0 Å². The third-order valence-electron chi connectivity index (χ3n) is 11.3. The van der Waals surface area contributed by atoms with Crippen LogP contribution in [0.3, 0.4) is 0 Å². The molecule has 0 spiro atoms. The van der Waals surface area contributed by atoms with Crippen molar-refractivity contribution in [3.05, 3.63) is 191 Å². The lowest BCUT2D eigenvalue weighted by atomic mass is 10.1. The number of fused-ring (bicyclic) bond motifs is 11. The third-order valence-corrected chi connectivity index (χ3v) is 11.3. The largest absolute Gasteiger partial charge is 0.455 e. The molecule has 0 saturated heterocycles. The van der Waals surface area contributed by atoms with Crippen molar-refractivity contribution in [2.45, 2.75) is 39.8 Å². The fourth-order valence-electron chi connectivity index (χ4n) is 8.72. The Bertz CT molecular complexity index is 3240. The summed E-state index contributed by atoms with van der Waals surface area (Å²) in [5, 5.41) is 12.1. The standard InChI is InChI=1S/C51H38N4O.C2H6/c1-4-14-34(15-5-1)32-52-51(36-16-6-2-7-17-36)53-33-35-24-26-38(27-25-35)55-45-30-28-40-39-20-11-13-23-46(39)56-50(40)48(45)42-29-31-44-47(49(42)55)41-21-10-12-22-43(41)54(44)37-18-8-3-9-19-37;1-2/h1-9,11,13-31H,10,12,32-33H2,(H,52,53);1-2H3. The number of rotatable bonds is 7. The molecule has 10 aromatic rings. The maximum absolute atomic E-state index is 6.73. The summed E-state index contributed by atoms with van der Waals surface area (Å²) in [6, 6.07) is 58.1. The Morgan fingerprint density at radius 3 is 1.98 bits per heavy atom. The van der Waals surface area contributed by atoms with Crippen LogP contribution in [0.5, 0.6) is 0 Å². The fourth-order valence-corrected chi connectivity index (χ4v) is 8.72. The molecule has 3 heterocycles. The highest BCUT2D eigenvalue weighted by molar-refractivity contribution is 6.27. The molecule has 7 aromatic carbocycles. The van der Waals surface area contributed by atoms with Gasteiger partial charge in [-0.2, -0.15) is 0 Å². The first-order chi connectivity index (χ1) is 28.8. The van der Waals surface area contributed by atoms with Crippen molar-refractivity contribution in [3.63, 3.8) is 0 Å². The lowest BCUT2D eigenvalue weighted by Crippen LogP contribution is -2.30. The molecule has 282 valence electrons. The number of hydrogen-bond acceptors (Lipinski definition) is 2. The molecule has 1 N–H and O–H groups in total. The predicted octanol–water partition coefficient (Wildman–Crippen LogP) is 11.7. The van der Waals surface area contributed by atoms with Gasteiger partial charge < -0.3 is 18.9 Å². The maximum atomic E-state index is 6.73. The number of aromatic nitrogens is 2. The minimum absolute atomic E-state index is 0.614. The monoisotopic (exact) mass is 752 g/mol. The second-order valence-corrected chi connectivity index (χ2v) is 14.6. The molecule has 0 fully saturated rings. The van der Waals surface area contributed by atoms with Crippen molar-refractivity contribution in [1.29, 1.82) is 0 Å². The van der Waals surface area contributed by atoms with Gasteiger partial charge in [-0.25, -0.2) is 0 Å². The Morgan fingerprint density at radius 2 is 1.21 bits per heavy atom. The van der Waals surface area contributed by atoms with Crippen molar-refractivity contribution in [3.8, 4) is 11.4 Å². The topological polar surface area (TPSA) is 47.4 Å². The summed E-state index contributed by atoms with van der Waals surface area (Å²) in [5.41, 5.74) is 11.1. The van der Waals surface area contributed by atoms with Gasteiger partial charge in [0.05, 0.1) is 28.5 Å². The molecule has 0 amide bonds. The number of nitrogens with zero attached hydrogens (tertiary/aromatic N) is 3. The van der Waals surface area contributed by atoms with E-state index < -0.39 is 0 Å². The second kappa shape index (κ2) is 15.1. The second-order valence-electron chi connectivity index (χ2n) is 14.6. The summed E-state index contributed by atoms with van der Waals surface area (Å²) in [5.74, 6) is 0.888. The van der Waals surface area contributed by atoms with E-state index in [0.717, 1.165) is 62.8 Å². The Morgan fingerprint density at radius 1 is 0.569 bits per heavy atom. The van der Waals surface area contributed by atoms with Gasteiger partial charge in [0.2, 0.25) is 0 Å². The van der Waals surface area contributed by atoms with Crippen LogP contribution in [0.2, 0.25) is 0 Å². The third kappa shape index (κ3) is 5.98. The van der Waals surface area contributed by atoms with Crippen molar-refractivity contribution in [2.75, 3.05) is 0 Å². The highest BCUT2D eigenvalue weighted by Crippen LogP contribution is 2.42. The van der Waals surface area contributed by atoms with E-state index in [9.17, 15) is 0 Å². The van der Waals surface area contributed by atoms with E-state index in [1.54, 1.807) is 0 Å². The summed E-state index contributed by atoms with van der Waals surface area (Å²) >= 11 is 0. The quantitative estimate of drug-likeness (QED) is 0.130. The average Bonchev–Trinajstić information content (AvgIpc) is 3.96. The summed E-state index contributed by atoms with van der Waals surface area (Å²) in [4.78, 5) is 5.02. The first-order valence-electron chi connectivity index (χ1n) is 20.4. The van der Waals surface area contributed by atoms with E-state index >= 15 is 0 Å². The molecule has 0 saturated carbocycles. The fraction of sp³-hybridized carbons (Fsp3) is 0.113. The zero-order chi connectivity index (χ0) is 39.0. The molecule has 58 heavy (non-hydrogen) atoms. The van der Waals surface area contributed by atoms with Crippen LogP contribution in [0.25, 0.3) is 78.2 Å². The number of para-hydroxylation sites is 2. The summed E-state index contributed by atoms with van der Waals surface area (Å²) < 4.78 is 11.6. The lowest BCUT2D eigenvalue weighted by Gasteiger charge is -2.13. The number of furan rings is 1. The average molecular weight is 753 g/mol. The van der Waals surface area contributed by atoms with Crippen LogP contribution in [0.15, 0.2) is 173 Å².